The molecule has 2 heterocycles. The van der Waals surface area contributed by atoms with Gasteiger partial charge in [-0.25, -0.2) is 0 Å². The summed E-state index contributed by atoms with van der Waals surface area (Å²) in [7, 11) is 2.88. The molecule has 2 aliphatic rings. The fourth-order valence-electron chi connectivity index (χ4n) is 7.70. The molecule has 0 amide bonds. The van der Waals surface area contributed by atoms with Crippen LogP contribution in [0.4, 0.5) is 0 Å². The number of thioether (sulfide) groups is 2. The summed E-state index contributed by atoms with van der Waals surface area (Å²) in [5.41, 5.74) is 9.02. The Morgan fingerprint density at radius 1 is 0.519 bits per heavy atom. The predicted octanol–water partition coefficient (Wildman–Crippen LogP) is 14.0. The molecule has 2 unspecified atom stereocenters. The van der Waals surface area contributed by atoms with Gasteiger partial charge in [0.1, 0.15) is 0 Å². The molecular weight excluding hydrogens is 707 g/mol. The quantitative estimate of drug-likeness (QED) is 0.0603. The van der Waals surface area contributed by atoms with Gasteiger partial charge in [-0.1, -0.05) is 144 Å². The van der Waals surface area contributed by atoms with E-state index in [0.717, 1.165) is 13.1 Å². The Balaban J connectivity index is 1.68. The Morgan fingerprint density at radius 2 is 0.942 bits per heavy atom. The van der Waals surface area contributed by atoms with Crippen LogP contribution < -0.4 is 10.6 Å². The first-order valence-electron chi connectivity index (χ1n) is 20.8. The minimum Gasteiger partial charge on any atom is -0.289 e. The van der Waals surface area contributed by atoms with Crippen LogP contribution in [-0.2, 0) is 10.3 Å². The standard InChI is InChI=1S/C46H66N2P2S2/c1-5-9-13-30-45(49-43-20-16-32-47-43,37-22-26-41(27-23-37)51-34-11-7-3)39-18-15-19-40(36-39)46(31-14-10-6-2,50-44-21-17-33-48-44)38-24-28-42(29-25-38)52-35-12-8-4/h15,18-19,22-29,36,47-48H,5-14,16-17,20-21,30-35H2,1-4H3. The Morgan fingerprint density at radius 3 is 1.31 bits per heavy atom. The van der Waals surface area contributed by atoms with Crippen molar-refractivity contribution in [3.63, 3.8) is 0 Å². The monoisotopic (exact) mass is 772 g/mol. The van der Waals surface area contributed by atoms with Crippen LogP contribution in [0.5, 0.6) is 0 Å². The van der Waals surface area contributed by atoms with Gasteiger partial charge in [-0.2, -0.15) is 0 Å². The molecular formula is C46H66N2P2S2. The lowest BCUT2D eigenvalue weighted by molar-refractivity contribution is 0.572. The number of rotatable bonds is 22. The molecule has 2 nitrogen and oxygen atoms in total. The third-order valence-corrected chi connectivity index (χ3v) is 16.5. The molecule has 0 bridgehead atoms. The molecule has 0 aromatic heterocycles. The van der Waals surface area contributed by atoms with Gasteiger partial charge < -0.3 is 0 Å². The molecule has 5 rings (SSSR count). The van der Waals surface area contributed by atoms with E-state index in [1.807, 2.05) is 23.5 Å². The van der Waals surface area contributed by atoms with Crippen LogP contribution in [0.25, 0.3) is 0 Å². The average Bonchev–Trinajstić information content (AvgIpc) is 3.90. The molecule has 0 spiro atoms. The normalized spacial score (nSPS) is 18.6. The summed E-state index contributed by atoms with van der Waals surface area (Å²) in [4.78, 5) is 2.81. The summed E-state index contributed by atoms with van der Waals surface area (Å²) in [5, 5.41) is 7.52. The van der Waals surface area contributed by atoms with Crippen molar-refractivity contribution in [2.45, 2.75) is 151 Å². The lowest BCUT2D eigenvalue weighted by Gasteiger charge is -2.36. The second-order valence-electron chi connectivity index (χ2n) is 14.8. The fraction of sp³-hybridized carbons (Fsp3) is 0.565. The van der Waals surface area contributed by atoms with Crippen molar-refractivity contribution in [1.29, 1.82) is 0 Å². The summed E-state index contributed by atoms with van der Waals surface area (Å²) in [6.45, 7) is 11.5. The minimum atomic E-state index is -0.0883. The van der Waals surface area contributed by atoms with Crippen molar-refractivity contribution >= 4 is 50.8 Å². The minimum absolute atomic E-state index is 0.0883. The number of benzene rings is 3. The molecule has 3 aromatic carbocycles. The molecule has 3 aromatic rings. The van der Waals surface area contributed by atoms with E-state index >= 15 is 0 Å². The highest BCUT2D eigenvalue weighted by molar-refractivity contribution is 7.99. The van der Waals surface area contributed by atoms with E-state index in [4.69, 9.17) is 0 Å². The van der Waals surface area contributed by atoms with Gasteiger partial charge in [0.2, 0.25) is 0 Å². The first kappa shape index (κ1) is 41.8. The van der Waals surface area contributed by atoms with Crippen LogP contribution in [0.15, 0.2) is 82.6 Å². The third-order valence-electron chi connectivity index (χ3n) is 10.8. The van der Waals surface area contributed by atoms with Gasteiger partial charge in [0.15, 0.2) is 0 Å². The van der Waals surface area contributed by atoms with E-state index in [2.05, 4.69) is 111 Å². The zero-order valence-corrected chi connectivity index (χ0v) is 36.2. The average molecular weight is 773 g/mol. The second-order valence-corrected chi connectivity index (χ2v) is 20.2. The van der Waals surface area contributed by atoms with Gasteiger partial charge in [-0.05, 0) is 109 Å². The van der Waals surface area contributed by atoms with Gasteiger partial charge in [-0.15, -0.1) is 23.5 Å². The Bertz CT molecular complexity index is 1420. The van der Waals surface area contributed by atoms with Crippen LogP contribution in [0.2, 0.25) is 0 Å². The number of hydrogen-bond donors (Lipinski definition) is 2. The molecule has 2 atom stereocenters. The first-order valence-corrected chi connectivity index (χ1v) is 24.6. The number of unbranched alkanes of at least 4 members (excludes halogenated alkanes) is 6. The SMILES string of the molecule is CCCCCC(/P=C1\CCCN1)(c1ccc(SCCCC)cc1)c1cccc(C(CCCCC)(/P=C2\CCCN2)c2ccc(SCCCC)cc2)c1. The molecule has 2 aliphatic heterocycles. The van der Waals surface area contributed by atoms with E-state index in [0.29, 0.717) is 0 Å². The topological polar surface area (TPSA) is 24.1 Å². The zero-order valence-electron chi connectivity index (χ0n) is 32.8. The van der Waals surface area contributed by atoms with Crippen molar-refractivity contribution in [2.75, 3.05) is 24.6 Å². The van der Waals surface area contributed by atoms with Crippen molar-refractivity contribution in [2.24, 2.45) is 0 Å². The van der Waals surface area contributed by atoms with Crippen LogP contribution in [0.3, 0.4) is 0 Å². The third kappa shape index (κ3) is 11.3. The highest BCUT2D eigenvalue weighted by Crippen LogP contribution is 2.52. The van der Waals surface area contributed by atoms with Crippen LogP contribution in [0, 0.1) is 0 Å². The summed E-state index contributed by atoms with van der Waals surface area (Å²) < 4.78 is 0. The van der Waals surface area contributed by atoms with Crippen LogP contribution in [-0.4, -0.2) is 35.4 Å². The Hall–Kier alpha value is -1.38. The molecule has 282 valence electrons. The summed E-state index contributed by atoms with van der Waals surface area (Å²) in [6.07, 6.45) is 19.8. The fourth-order valence-corrected chi connectivity index (χ4v) is 13.2. The van der Waals surface area contributed by atoms with E-state index in [-0.39, 0.29) is 10.3 Å². The molecule has 2 fully saturated rings. The van der Waals surface area contributed by atoms with Crippen LogP contribution >= 0.6 is 39.9 Å². The highest BCUT2D eigenvalue weighted by atomic mass is 32.2. The van der Waals surface area contributed by atoms with Crippen LogP contribution in [0.1, 0.15) is 153 Å². The molecule has 2 saturated heterocycles. The molecule has 0 saturated carbocycles. The number of nitrogens with one attached hydrogen (secondary N) is 2. The second kappa shape index (κ2) is 22.2. The summed E-state index contributed by atoms with van der Waals surface area (Å²) in [5.74, 6) is 2.40. The van der Waals surface area contributed by atoms with Gasteiger partial charge in [0, 0.05) is 33.7 Å². The van der Waals surface area contributed by atoms with E-state index in [1.54, 1.807) is 0 Å². The summed E-state index contributed by atoms with van der Waals surface area (Å²) >= 11 is 4.04. The highest BCUT2D eigenvalue weighted by Gasteiger charge is 2.38. The molecule has 6 heteroatoms. The lowest BCUT2D eigenvalue weighted by Crippen LogP contribution is -2.27. The Kier molecular flexibility index (Phi) is 17.9. The van der Waals surface area contributed by atoms with Crippen molar-refractivity contribution in [3.8, 4) is 0 Å². The summed E-state index contributed by atoms with van der Waals surface area (Å²) in [6, 6.07) is 29.8. The molecule has 2 N–H and O–H groups in total. The van der Waals surface area contributed by atoms with Gasteiger partial charge in [-0.3, -0.25) is 10.6 Å². The maximum Gasteiger partial charge on any atom is 0.0631 e. The van der Waals surface area contributed by atoms with Crippen molar-refractivity contribution in [3.05, 3.63) is 95.1 Å². The van der Waals surface area contributed by atoms with Gasteiger partial charge in [0.05, 0.1) is 10.3 Å². The largest absolute Gasteiger partial charge is 0.289 e. The Labute approximate surface area is 329 Å². The van der Waals surface area contributed by atoms with Gasteiger partial charge >= 0.3 is 0 Å². The maximum absolute atomic E-state index is 3.85. The molecule has 0 aliphatic carbocycles. The van der Waals surface area contributed by atoms with Crippen molar-refractivity contribution in [1.82, 2.24) is 10.6 Å². The first-order chi connectivity index (χ1) is 25.6. The smallest absolute Gasteiger partial charge is 0.0631 e. The lowest BCUT2D eigenvalue weighted by atomic mass is 9.81. The van der Waals surface area contributed by atoms with E-state index in [1.165, 1.54) is 174 Å². The molecule has 0 radical (unpaired) electrons. The van der Waals surface area contributed by atoms with Crippen molar-refractivity contribution < 1.29 is 0 Å². The van der Waals surface area contributed by atoms with E-state index in [9.17, 15) is 0 Å². The molecule has 52 heavy (non-hydrogen) atoms. The maximum atomic E-state index is 3.85. The number of hydrogen-bond acceptors (Lipinski definition) is 2. The van der Waals surface area contributed by atoms with Gasteiger partial charge in [0.25, 0.3) is 0 Å². The zero-order chi connectivity index (χ0) is 36.5. The predicted molar refractivity (Wildman–Crippen MR) is 239 cm³/mol. The van der Waals surface area contributed by atoms with E-state index < -0.39 is 0 Å².